The predicted octanol–water partition coefficient (Wildman–Crippen LogP) is 2.20. The summed E-state index contributed by atoms with van der Waals surface area (Å²) >= 11 is 0. The molecule has 1 N–H and O–H groups in total. The average Bonchev–Trinajstić information content (AvgIpc) is 2.80. The Balaban J connectivity index is 2.05. The Morgan fingerprint density at radius 2 is 1.75 bits per heavy atom. The second-order valence-electron chi connectivity index (χ2n) is 6.99. The summed E-state index contributed by atoms with van der Waals surface area (Å²) in [5.41, 5.74) is -0.180. The summed E-state index contributed by atoms with van der Waals surface area (Å²) in [6, 6.07) is 16.6. The second-order valence-corrected chi connectivity index (χ2v) is 6.99. The van der Waals surface area contributed by atoms with Crippen LogP contribution in [0, 0.1) is 10.1 Å². The summed E-state index contributed by atoms with van der Waals surface area (Å²) in [6.45, 7) is -0.297. The van der Waals surface area contributed by atoms with Crippen LogP contribution in [0.2, 0.25) is 0 Å². The molecular formula is C23H21N3O6. The molecule has 2 aromatic carbocycles. The van der Waals surface area contributed by atoms with Crippen LogP contribution in [-0.4, -0.2) is 44.3 Å². The van der Waals surface area contributed by atoms with Crippen molar-refractivity contribution in [1.29, 1.82) is 0 Å². The van der Waals surface area contributed by atoms with Crippen molar-refractivity contribution >= 4 is 17.4 Å². The fourth-order valence-electron chi connectivity index (χ4n) is 3.31. The van der Waals surface area contributed by atoms with Gasteiger partial charge in [-0.15, -0.1) is 0 Å². The molecule has 0 fully saturated rings. The third-order valence-electron chi connectivity index (χ3n) is 4.85. The quantitative estimate of drug-likeness (QED) is 0.238. The van der Waals surface area contributed by atoms with E-state index in [-0.39, 0.29) is 30.9 Å². The second kappa shape index (κ2) is 10.3. The number of carbonyl (C=O) groups is 2. The van der Waals surface area contributed by atoms with E-state index < -0.39 is 28.2 Å². The van der Waals surface area contributed by atoms with Gasteiger partial charge in [0.25, 0.3) is 17.2 Å². The van der Waals surface area contributed by atoms with E-state index >= 15 is 0 Å². The molecule has 3 aromatic rings. The first-order valence-electron chi connectivity index (χ1n) is 9.82. The van der Waals surface area contributed by atoms with E-state index in [0.29, 0.717) is 0 Å². The molecule has 9 heteroatoms. The number of Topliss-reactive ketones (excluding diaryl/α,β-unsaturated/α-hetero) is 1. The van der Waals surface area contributed by atoms with Crippen LogP contribution in [0.25, 0.3) is 0 Å². The number of hydrogen-bond donors (Lipinski definition) is 1. The number of nitro groups is 1. The number of ketones is 1. The van der Waals surface area contributed by atoms with Crippen molar-refractivity contribution in [3.8, 4) is 0 Å². The molecule has 0 radical (unpaired) electrons. The zero-order valence-electron chi connectivity index (χ0n) is 17.0. The highest BCUT2D eigenvalue weighted by Gasteiger charge is 2.34. The Morgan fingerprint density at radius 1 is 1.03 bits per heavy atom. The first-order chi connectivity index (χ1) is 15.4. The Morgan fingerprint density at radius 3 is 2.41 bits per heavy atom. The van der Waals surface area contributed by atoms with Crippen LogP contribution in [0.1, 0.15) is 22.0 Å². The fraction of sp³-hybridized carbons (Fsp3) is 0.174. The molecule has 0 aliphatic rings. The number of pyridine rings is 1. The number of hydrogen-bond acceptors (Lipinski definition) is 6. The minimum atomic E-state index is -1.58. The molecule has 3 rings (SSSR count). The van der Waals surface area contributed by atoms with Crippen LogP contribution >= 0.6 is 0 Å². The molecule has 1 amide bonds. The van der Waals surface area contributed by atoms with Crippen molar-refractivity contribution in [1.82, 2.24) is 9.47 Å². The normalized spacial score (nSPS) is 11.5. The molecule has 0 aliphatic carbocycles. The number of carbonyl (C=O) groups excluding carboxylic acids is 2. The summed E-state index contributed by atoms with van der Waals surface area (Å²) in [5.74, 6) is -1.46. The Kier molecular flexibility index (Phi) is 7.25. The third-order valence-corrected chi connectivity index (χ3v) is 4.85. The number of amides is 1. The molecule has 0 bridgehead atoms. The van der Waals surface area contributed by atoms with Gasteiger partial charge in [0.15, 0.2) is 11.8 Å². The number of aliphatic hydroxyl groups excluding tert-OH is 1. The van der Waals surface area contributed by atoms with Gasteiger partial charge in [0, 0.05) is 43.0 Å². The summed E-state index contributed by atoms with van der Waals surface area (Å²) in [4.78, 5) is 51.2. The molecule has 1 aromatic heterocycles. The van der Waals surface area contributed by atoms with Crippen LogP contribution < -0.4 is 5.56 Å². The van der Waals surface area contributed by atoms with Crippen LogP contribution in [-0.2, 0) is 11.3 Å². The van der Waals surface area contributed by atoms with Gasteiger partial charge < -0.3 is 10.0 Å². The van der Waals surface area contributed by atoms with E-state index in [0.717, 1.165) is 16.2 Å². The summed E-state index contributed by atoms with van der Waals surface area (Å²) in [7, 11) is 0. The van der Waals surface area contributed by atoms with Crippen molar-refractivity contribution in [2.45, 2.75) is 12.6 Å². The molecule has 0 saturated carbocycles. The summed E-state index contributed by atoms with van der Waals surface area (Å²) < 4.78 is 0.999. The molecule has 0 spiro atoms. The molecule has 9 nitrogen and oxygen atoms in total. The molecule has 1 heterocycles. The molecular weight excluding hydrogens is 414 g/mol. The number of nitro benzene ring substituents is 1. The van der Waals surface area contributed by atoms with Gasteiger partial charge in [-0.25, -0.2) is 0 Å². The van der Waals surface area contributed by atoms with Gasteiger partial charge >= 0.3 is 0 Å². The zero-order chi connectivity index (χ0) is 23.1. The number of aliphatic hydroxyl groups is 1. The van der Waals surface area contributed by atoms with E-state index in [9.17, 15) is 29.6 Å². The topological polar surface area (TPSA) is 123 Å². The molecule has 0 aliphatic heterocycles. The van der Waals surface area contributed by atoms with Crippen molar-refractivity contribution in [3.63, 3.8) is 0 Å². The van der Waals surface area contributed by atoms with Gasteiger partial charge in [-0.3, -0.25) is 29.1 Å². The monoisotopic (exact) mass is 435 g/mol. The van der Waals surface area contributed by atoms with Crippen LogP contribution in [0.3, 0.4) is 0 Å². The maximum Gasteiger partial charge on any atom is 0.270 e. The molecule has 1 atom stereocenters. The molecule has 32 heavy (non-hydrogen) atoms. The minimum absolute atomic E-state index is 0.0615. The molecule has 1 unspecified atom stereocenters. The van der Waals surface area contributed by atoms with Gasteiger partial charge in [-0.2, -0.15) is 0 Å². The maximum absolute atomic E-state index is 13.5. The average molecular weight is 435 g/mol. The lowest BCUT2D eigenvalue weighted by Crippen LogP contribution is -2.44. The fourth-order valence-corrected chi connectivity index (χ4v) is 3.31. The smallest absolute Gasteiger partial charge is 0.270 e. The lowest BCUT2D eigenvalue weighted by molar-refractivity contribution is -0.384. The first-order valence-corrected chi connectivity index (χ1v) is 9.82. The highest BCUT2D eigenvalue weighted by Crippen LogP contribution is 2.21. The van der Waals surface area contributed by atoms with E-state index in [4.69, 9.17) is 0 Å². The zero-order valence-corrected chi connectivity index (χ0v) is 17.0. The SMILES string of the molecule is O=C(c1cccc([N+](=O)[O-])c1)C(C(=O)N(CCO)Cc1ccccc1)n1ccccc1=O. The highest BCUT2D eigenvalue weighted by atomic mass is 16.6. The summed E-state index contributed by atoms with van der Waals surface area (Å²) in [5, 5.41) is 20.6. The van der Waals surface area contributed by atoms with Crippen LogP contribution in [0.15, 0.2) is 83.8 Å². The van der Waals surface area contributed by atoms with Gasteiger partial charge in [0.1, 0.15) is 0 Å². The van der Waals surface area contributed by atoms with Gasteiger partial charge in [0.2, 0.25) is 0 Å². The largest absolute Gasteiger partial charge is 0.395 e. The van der Waals surface area contributed by atoms with E-state index in [1.807, 2.05) is 6.07 Å². The van der Waals surface area contributed by atoms with Gasteiger partial charge in [-0.1, -0.05) is 48.5 Å². The van der Waals surface area contributed by atoms with Gasteiger partial charge in [0.05, 0.1) is 11.5 Å². The van der Waals surface area contributed by atoms with Crippen molar-refractivity contribution in [3.05, 3.63) is 111 Å². The lowest BCUT2D eigenvalue weighted by atomic mass is 10.0. The maximum atomic E-state index is 13.5. The standard InChI is InChI=1S/C23H21N3O6/c27-14-13-24(16-17-7-2-1-3-8-17)23(30)21(25-12-5-4-11-20(25)28)22(29)18-9-6-10-19(15-18)26(31)32/h1-12,15,21,27H,13-14,16H2. The number of aromatic nitrogens is 1. The number of non-ortho nitro benzene ring substituents is 1. The Hall–Kier alpha value is -4.11. The Labute approximate surface area is 183 Å². The molecule has 164 valence electrons. The Bertz CT molecular complexity index is 1180. The van der Waals surface area contributed by atoms with E-state index in [1.165, 1.54) is 47.5 Å². The van der Waals surface area contributed by atoms with E-state index in [2.05, 4.69) is 0 Å². The van der Waals surface area contributed by atoms with Crippen LogP contribution in [0.4, 0.5) is 5.69 Å². The third kappa shape index (κ3) is 5.13. The molecule has 0 saturated heterocycles. The van der Waals surface area contributed by atoms with E-state index in [1.54, 1.807) is 24.3 Å². The highest BCUT2D eigenvalue weighted by molar-refractivity contribution is 6.12. The van der Waals surface area contributed by atoms with Crippen molar-refractivity contribution in [2.24, 2.45) is 0 Å². The van der Waals surface area contributed by atoms with Crippen molar-refractivity contribution < 1.29 is 19.6 Å². The summed E-state index contributed by atoms with van der Waals surface area (Å²) in [6.07, 6.45) is 1.32. The number of rotatable bonds is 9. The van der Waals surface area contributed by atoms with Gasteiger partial charge in [-0.05, 0) is 11.6 Å². The minimum Gasteiger partial charge on any atom is -0.395 e. The van der Waals surface area contributed by atoms with Crippen molar-refractivity contribution in [2.75, 3.05) is 13.2 Å². The lowest BCUT2D eigenvalue weighted by Gasteiger charge is -2.27. The van der Waals surface area contributed by atoms with Crippen LogP contribution in [0.5, 0.6) is 0 Å². The first kappa shape index (κ1) is 22.6. The number of benzene rings is 2. The predicted molar refractivity (Wildman–Crippen MR) is 116 cm³/mol. The number of nitrogens with zero attached hydrogens (tertiary/aromatic N) is 3.